The van der Waals surface area contributed by atoms with Gasteiger partial charge in [-0.2, -0.15) is 8.42 Å². The molecule has 0 rings (SSSR count). The Morgan fingerprint density at radius 3 is 2.06 bits per heavy atom. The lowest BCUT2D eigenvalue weighted by atomic mass is 10.3. The first-order valence-corrected chi connectivity index (χ1v) is 6.11. The van der Waals surface area contributed by atoms with Gasteiger partial charge in [-0.3, -0.25) is 9.11 Å². The van der Waals surface area contributed by atoms with E-state index in [4.69, 9.17) is 22.3 Å². The van der Waals surface area contributed by atoms with E-state index in [1.807, 2.05) is 14.1 Å². The molecule has 0 aliphatic rings. The molecule has 0 aliphatic carbocycles. The molecule has 8 heteroatoms. The number of ether oxygens (including phenoxy) is 1. The van der Waals surface area contributed by atoms with Crippen molar-refractivity contribution in [3.05, 3.63) is 12.2 Å². The Morgan fingerprint density at radius 1 is 1.35 bits per heavy atom. The standard InChI is InChI=1S/C9H17NO2.H2O4S/c1-8(2)9(11)12-7-5-6-10(3)4;1-5(2,3)4/h1,5-7H2,2-4H3;(H2,1,2,3,4). The molecule has 0 amide bonds. The molecule has 2 N–H and O–H groups in total. The van der Waals surface area contributed by atoms with Crippen molar-refractivity contribution in [3.63, 3.8) is 0 Å². The number of hydrogen-bond donors (Lipinski definition) is 2. The quantitative estimate of drug-likeness (QED) is 0.322. The minimum absolute atomic E-state index is 0.297. The van der Waals surface area contributed by atoms with Gasteiger partial charge in [0.25, 0.3) is 0 Å². The van der Waals surface area contributed by atoms with Crippen molar-refractivity contribution < 1.29 is 27.1 Å². The summed E-state index contributed by atoms with van der Waals surface area (Å²) in [6.07, 6.45) is 0.867. The first-order valence-electron chi connectivity index (χ1n) is 4.71. The zero-order chi connectivity index (χ0) is 14.1. The molecule has 102 valence electrons. The summed E-state index contributed by atoms with van der Waals surface area (Å²) in [4.78, 5) is 12.9. The van der Waals surface area contributed by atoms with Gasteiger partial charge in [-0.15, -0.1) is 0 Å². The van der Waals surface area contributed by atoms with Crippen LogP contribution in [-0.4, -0.2) is 55.6 Å². The Labute approximate surface area is 102 Å². The van der Waals surface area contributed by atoms with Crippen molar-refractivity contribution in [2.24, 2.45) is 0 Å². The Balaban J connectivity index is 0. The fraction of sp³-hybridized carbons (Fsp3) is 0.667. The van der Waals surface area contributed by atoms with Crippen LogP contribution in [0.5, 0.6) is 0 Å². The maximum atomic E-state index is 10.9. The molecule has 0 aliphatic heterocycles. The van der Waals surface area contributed by atoms with Gasteiger partial charge in [-0.05, 0) is 27.4 Å². The highest BCUT2D eigenvalue weighted by Crippen LogP contribution is 1.93. The van der Waals surface area contributed by atoms with Crippen molar-refractivity contribution in [3.8, 4) is 0 Å². The van der Waals surface area contributed by atoms with Crippen molar-refractivity contribution >= 4 is 16.4 Å². The smallest absolute Gasteiger partial charge is 0.394 e. The molecule has 0 unspecified atom stereocenters. The van der Waals surface area contributed by atoms with Gasteiger partial charge < -0.3 is 9.64 Å². The van der Waals surface area contributed by atoms with Crippen LogP contribution in [0.4, 0.5) is 0 Å². The first-order chi connectivity index (χ1) is 7.54. The molecule has 17 heavy (non-hydrogen) atoms. The molecule has 0 saturated heterocycles. The molecule has 7 nitrogen and oxygen atoms in total. The van der Waals surface area contributed by atoms with E-state index in [-0.39, 0.29) is 5.97 Å². The van der Waals surface area contributed by atoms with Gasteiger partial charge in [0.05, 0.1) is 6.61 Å². The lowest BCUT2D eigenvalue weighted by Gasteiger charge is -2.09. The summed E-state index contributed by atoms with van der Waals surface area (Å²) < 4.78 is 36.5. The Morgan fingerprint density at radius 2 is 1.76 bits per heavy atom. The normalized spacial score (nSPS) is 10.5. The number of carbonyl (C=O) groups excluding carboxylic acids is 1. The summed E-state index contributed by atoms with van der Waals surface area (Å²) in [5.74, 6) is -0.297. The second-order valence-electron chi connectivity index (χ2n) is 3.52. The molecule has 0 aromatic rings. The molecule has 0 saturated carbocycles. The third-order valence-electron chi connectivity index (χ3n) is 1.33. The van der Waals surface area contributed by atoms with Crippen LogP contribution in [0, 0.1) is 0 Å². The molecule has 0 heterocycles. The van der Waals surface area contributed by atoms with Crippen LogP contribution in [0.2, 0.25) is 0 Å². The van der Waals surface area contributed by atoms with Gasteiger partial charge in [0, 0.05) is 12.1 Å². The number of rotatable bonds is 5. The van der Waals surface area contributed by atoms with Gasteiger partial charge in [0.2, 0.25) is 0 Å². The van der Waals surface area contributed by atoms with E-state index >= 15 is 0 Å². The number of nitrogens with zero attached hydrogens (tertiary/aromatic N) is 1. The van der Waals surface area contributed by atoms with Crippen molar-refractivity contribution in [2.45, 2.75) is 13.3 Å². The summed E-state index contributed by atoms with van der Waals surface area (Å²) in [7, 11) is -0.693. The van der Waals surface area contributed by atoms with E-state index < -0.39 is 10.4 Å². The highest BCUT2D eigenvalue weighted by atomic mass is 32.3. The fourth-order valence-electron chi connectivity index (χ4n) is 0.669. The predicted octanol–water partition coefficient (Wildman–Crippen LogP) is 0.405. The summed E-state index contributed by atoms with van der Waals surface area (Å²) in [6.45, 7) is 6.54. The second kappa shape index (κ2) is 9.11. The van der Waals surface area contributed by atoms with Gasteiger partial charge >= 0.3 is 16.4 Å². The van der Waals surface area contributed by atoms with Crippen LogP contribution in [-0.2, 0) is 19.9 Å². The average molecular weight is 269 g/mol. The fourth-order valence-corrected chi connectivity index (χ4v) is 0.669. The van der Waals surface area contributed by atoms with E-state index in [1.54, 1.807) is 6.92 Å². The molecule has 0 fully saturated rings. The van der Waals surface area contributed by atoms with Crippen LogP contribution in [0.1, 0.15) is 13.3 Å². The van der Waals surface area contributed by atoms with Crippen LogP contribution < -0.4 is 0 Å². The second-order valence-corrected chi connectivity index (χ2v) is 4.42. The molecule has 0 bridgehead atoms. The topological polar surface area (TPSA) is 104 Å². The van der Waals surface area contributed by atoms with Crippen molar-refractivity contribution in [1.82, 2.24) is 4.90 Å². The summed E-state index contributed by atoms with van der Waals surface area (Å²) in [5, 5.41) is 0. The Kier molecular flexibility index (Phi) is 9.86. The van der Waals surface area contributed by atoms with Crippen molar-refractivity contribution in [1.29, 1.82) is 0 Å². The summed E-state index contributed by atoms with van der Waals surface area (Å²) in [5.41, 5.74) is 0.458. The van der Waals surface area contributed by atoms with Crippen molar-refractivity contribution in [2.75, 3.05) is 27.2 Å². The summed E-state index contributed by atoms with van der Waals surface area (Å²) >= 11 is 0. The largest absolute Gasteiger partial charge is 0.462 e. The zero-order valence-corrected chi connectivity index (χ0v) is 11.0. The number of hydrogen-bond acceptors (Lipinski definition) is 5. The van der Waals surface area contributed by atoms with E-state index in [0.717, 1.165) is 13.0 Å². The van der Waals surface area contributed by atoms with E-state index in [9.17, 15) is 4.79 Å². The first kappa shape index (κ1) is 18.4. The molecular formula is C9H19NO6S. The maximum Gasteiger partial charge on any atom is 0.394 e. The Bertz CT molecular complexity index is 327. The lowest BCUT2D eigenvalue weighted by molar-refractivity contribution is -0.139. The molecule has 0 radical (unpaired) electrons. The monoisotopic (exact) mass is 269 g/mol. The van der Waals surface area contributed by atoms with Crippen LogP contribution >= 0.6 is 0 Å². The SMILES string of the molecule is C=C(C)C(=O)OCCCN(C)C.O=S(=O)(O)O. The minimum atomic E-state index is -4.67. The zero-order valence-electron chi connectivity index (χ0n) is 10.2. The van der Waals surface area contributed by atoms with Gasteiger partial charge in [0.15, 0.2) is 0 Å². The third kappa shape index (κ3) is 25.4. The Hall–Kier alpha value is -0.960. The van der Waals surface area contributed by atoms with Gasteiger partial charge in [-0.25, -0.2) is 4.79 Å². The third-order valence-corrected chi connectivity index (χ3v) is 1.33. The minimum Gasteiger partial charge on any atom is -0.462 e. The van der Waals surface area contributed by atoms with Crippen LogP contribution in [0.15, 0.2) is 12.2 Å². The predicted molar refractivity (Wildman–Crippen MR) is 63.1 cm³/mol. The maximum absolute atomic E-state index is 10.9. The van der Waals surface area contributed by atoms with Gasteiger partial charge in [-0.1, -0.05) is 6.58 Å². The lowest BCUT2D eigenvalue weighted by Crippen LogP contribution is -2.16. The van der Waals surface area contributed by atoms with Crippen LogP contribution in [0.25, 0.3) is 0 Å². The van der Waals surface area contributed by atoms with Gasteiger partial charge in [0.1, 0.15) is 0 Å². The van der Waals surface area contributed by atoms with E-state index in [2.05, 4.69) is 11.5 Å². The highest BCUT2D eigenvalue weighted by Gasteiger charge is 2.01. The number of esters is 1. The molecule has 0 atom stereocenters. The van der Waals surface area contributed by atoms with E-state index in [1.165, 1.54) is 0 Å². The van der Waals surface area contributed by atoms with Crippen LogP contribution in [0.3, 0.4) is 0 Å². The molecule has 0 aromatic carbocycles. The summed E-state index contributed by atoms with van der Waals surface area (Å²) in [6, 6.07) is 0. The molecule has 0 aromatic heterocycles. The highest BCUT2D eigenvalue weighted by molar-refractivity contribution is 7.79. The average Bonchev–Trinajstić information content (AvgIpc) is 2.08. The molecule has 0 spiro atoms. The van der Waals surface area contributed by atoms with E-state index in [0.29, 0.717) is 12.2 Å². The number of carbonyl (C=O) groups is 1. The molecular weight excluding hydrogens is 250 g/mol.